The van der Waals surface area contributed by atoms with Gasteiger partial charge in [-0.25, -0.2) is 0 Å². The number of anilines is 1. The number of amides is 1. The van der Waals surface area contributed by atoms with E-state index >= 15 is 0 Å². The number of benzene rings is 2. The average Bonchev–Trinajstić information content (AvgIpc) is 2.56. The van der Waals surface area contributed by atoms with Crippen LogP contribution in [-0.4, -0.2) is 23.9 Å². The minimum absolute atomic E-state index is 0.123. The van der Waals surface area contributed by atoms with Crippen LogP contribution in [0.2, 0.25) is 0 Å². The minimum atomic E-state index is -4.37. The van der Waals surface area contributed by atoms with Crippen molar-refractivity contribution in [2.45, 2.75) is 33.0 Å². The summed E-state index contributed by atoms with van der Waals surface area (Å²) in [6.45, 7) is 4.91. The fourth-order valence-electron chi connectivity index (χ4n) is 2.74. The van der Waals surface area contributed by atoms with E-state index in [2.05, 4.69) is 5.32 Å². The number of alkyl halides is 3. The van der Waals surface area contributed by atoms with E-state index in [0.717, 1.165) is 29.8 Å². The van der Waals surface area contributed by atoms with Gasteiger partial charge in [0.1, 0.15) is 0 Å². The SMILES string of the molecule is CCCN(CC(=O)Nc1ccccc1C)Cc1cccc(C(F)(F)F)c1. The van der Waals surface area contributed by atoms with E-state index in [1.807, 2.05) is 43.0 Å². The van der Waals surface area contributed by atoms with Crippen molar-refractivity contribution in [1.82, 2.24) is 4.90 Å². The van der Waals surface area contributed by atoms with Crippen LogP contribution < -0.4 is 5.32 Å². The highest BCUT2D eigenvalue weighted by Crippen LogP contribution is 2.29. The van der Waals surface area contributed by atoms with E-state index in [9.17, 15) is 18.0 Å². The summed E-state index contributed by atoms with van der Waals surface area (Å²) in [6.07, 6.45) is -3.57. The molecular formula is C20H23F3N2O. The van der Waals surface area contributed by atoms with Crippen LogP contribution in [-0.2, 0) is 17.5 Å². The second-order valence-electron chi connectivity index (χ2n) is 6.27. The first-order valence-electron chi connectivity index (χ1n) is 8.53. The summed E-state index contributed by atoms with van der Waals surface area (Å²) < 4.78 is 38.6. The molecule has 0 bridgehead atoms. The fourth-order valence-corrected chi connectivity index (χ4v) is 2.74. The summed E-state index contributed by atoms with van der Waals surface area (Å²) in [6, 6.07) is 12.7. The Morgan fingerprint density at radius 1 is 1.12 bits per heavy atom. The third-order valence-corrected chi connectivity index (χ3v) is 3.99. The Balaban J connectivity index is 2.04. The van der Waals surface area contributed by atoms with Crippen LogP contribution in [0.3, 0.4) is 0 Å². The van der Waals surface area contributed by atoms with Gasteiger partial charge in [-0.15, -0.1) is 0 Å². The van der Waals surface area contributed by atoms with Crippen molar-refractivity contribution in [3.63, 3.8) is 0 Å². The predicted octanol–water partition coefficient (Wildman–Crippen LogP) is 4.86. The normalized spacial score (nSPS) is 11.6. The van der Waals surface area contributed by atoms with Crippen molar-refractivity contribution in [1.29, 1.82) is 0 Å². The zero-order valence-electron chi connectivity index (χ0n) is 14.9. The van der Waals surface area contributed by atoms with E-state index < -0.39 is 11.7 Å². The fraction of sp³-hybridized carbons (Fsp3) is 0.350. The number of carbonyl (C=O) groups is 1. The van der Waals surface area contributed by atoms with Crippen LogP contribution >= 0.6 is 0 Å². The lowest BCUT2D eigenvalue weighted by Crippen LogP contribution is -2.33. The molecule has 0 unspecified atom stereocenters. The lowest BCUT2D eigenvalue weighted by atomic mass is 10.1. The first-order chi connectivity index (χ1) is 12.3. The lowest BCUT2D eigenvalue weighted by Gasteiger charge is -2.22. The van der Waals surface area contributed by atoms with Crippen LogP contribution in [0.15, 0.2) is 48.5 Å². The van der Waals surface area contributed by atoms with Gasteiger partial charge in [-0.3, -0.25) is 9.69 Å². The summed E-state index contributed by atoms with van der Waals surface area (Å²) in [5, 5.41) is 2.86. The molecular weight excluding hydrogens is 341 g/mol. The number of carbonyl (C=O) groups excluding carboxylic acids is 1. The Kier molecular flexibility index (Phi) is 6.80. The van der Waals surface area contributed by atoms with Gasteiger partial charge in [0, 0.05) is 12.2 Å². The molecule has 0 fully saturated rings. The van der Waals surface area contributed by atoms with Gasteiger partial charge in [0.05, 0.1) is 12.1 Å². The Bertz CT molecular complexity index is 744. The molecule has 0 aliphatic heterocycles. The van der Waals surface area contributed by atoms with Crippen molar-refractivity contribution in [2.24, 2.45) is 0 Å². The second-order valence-corrected chi connectivity index (χ2v) is 6.27. The second kappa shape index (κ2) is 8.85. The Morgan fingerprint density at radius 3 is 2.50 bits per heavy atom. The van der Waals surface area contributed by atoms with Gasteiger partial charge in [0.25, 0.3) is 0 Å². The summed E-state index contributed by atoms with van der Waals surface area (Å²) in [7, 11) is 0. The van der Waals surface area contributed by atoms with Gasteiger partial charge in [0.15, 0.2) is 0 Å². The highest BCUT2D eigenvalue weighted by atomic mass is 19.4. The highest BCUT2D eigenvalue weighted by Gasteiger charge is 2.30. The van der Waals surface area contributed by atoms with Crippen LogP contribution in [0.1, 0.15) is 30.0 Å². The van der Waals surface area contributed by atoms with E-state index in [0.29, 0.717) is 18.7 Å². The maximum atomic E-state index is 12.9. The monoisotopic (exact) mass is 364 g/mol. The lowest BCUT2D eigenvalue weighted by molar-refractivity contribution is -0.137. The molecule has 140 valence electrons. The predicted molar refractivity (Wildman–Crippen MR) is 96.8 cm³/mol. The molecule has 0 saturated carbocycles. The maximum absolute atomic E-state index is 12.9. The topological polar surface area (TPSA) is 32.3 Å². The van der Waals surface area contributed by atoms with E-state index in [-0.39, 0.29) is 12.5 Å². The smallest absolute Gasteiger partial charge is 0.325 e. The van der Waals surface area contributed by atoms with Gasteiger partial charge in [-0.1, -0.05) is 43.3 Å². The molecule has 1 amide bonds. The van der Waals surface area contributed by atoms with Gasteiger partial charge in [0.2, 0.25) is 5.91 Å². The molecule has 2 aromatic carbocycles. The summed E-state index contributed by atoms with van der Waals surface area (Å²) in [5.74, 6) is -0.181. The first-order valence-corrected chi connectivity index (χ1v) is 8.53. The maximum Gasteiger partial charge on any atom is 0.416 e. The number of hydrogen-bond acceptors (Lipinski definition) is 2. The molecule has 0 spiro atoms. The van der Waals surface area contributed by atoms with Crippen LogP contribution in [0, 0.1) is 6.92 Å². The first kappa shape index (κ1) is 20.0. The Labute approximate surface area is 151 Å². The third-order valence-electron chi connectivity index (χ3n) is 3.99. The van der Waals surface area contributed by atoms with Crippen molar-refractivity contribution < 1.29 is 18.0 Å². The minimum Gasteiger partial charge on any atom is -0.325 e. The number of para-hydroxylation sites is 1. The van der Waals surface area contributed by atoms with Gasteiger partial charge >= 0.3 is 6.18 Å². The standard InChI is InChI=1S/C20H23F3N2O/c1-3-11-25(13-16-8-6-9-17(12-16)20(21,22)23)14-19(26)24-18-10-5-4-7-15(18)2/h4-10,12H,3,11,13-14H2,1-2H3,(H,24,26). The quantitative estimate of drug-likeness (QED) is 0.761. The molecule has 0 atom stereocenters. The van der Waals surface area contributed by atoms with Crippen LogP contribution in [0.5, 0.6) is 0 Å². The molecule has 26 heavy (non-hydrogen) atoms. The highest BCUT2D eigenvalue weighted by molar-refractivity contribution is 5.92. The molecule has 0 aromatic heterocycles. The third kappa shape index (κ3) is 5.88. The molecule has 0 aliphatic carbocycles. The molecule has 1 N–H and O–H groups in total. The molecule has 6 heteroatoms. The van der Waals surface area contributed by atoms with Gasteiger partial charge in [-0.2, -0.15) is 13.2 Å². The Hall–Kier alpha value is -2.34. The van der Waals surface area contributed by atoms with Crippen molar-refractivity contribution in [2.75, 3.05) is 18.4 Å². The molecule has 0 aliphatic rings. The molecule has 2 rings (SSSR count). The molecule has 0 radical (unpaired) electrons. The van der Waals surface area contributed by atoms with Crippen LogP contribution in [0.25, 0.3) is 0 Å². The van der Waals surface area contributed by atoms with E-state index in [1.54, 1.807) is 6.07 Å². The van der Waals surface area contributed by atoms with Crippen molar-refractivity contribution in [3.05, 3.63) is 65.2 Å². The van der Waals surface area contributed by atoms with Gasteiger partial charge < -0.3 is 5.32 Å². The number of hydrogen-bond donors (Lipinski definition) is 1. The van der Waals surface area contributed by atoms with Crippen molar-refractivity contribution in [3.8, 4) is 0 Å². The number of aryl methyl sites for hydroxylation is 1. The molecule has 0 saturated heterocycles. The number of nitrogens with zero attached hydrogens (tertiary/aromatic N) is 1. The van der Waals surface area contributed by atoms with Crippen LogP contribution in [0.4, 0.5) is 18.9 Å². The Morgan fingerprint density at radius 2 is 1.85 bits per heavy atom. The van der Waals surface area contributed by atoms with Gasteiger partial charge in [-0.05, 0) is 43.1 Å². The molecule has 0 heterocycles. The molecule has 2 aromatic rings. The number of rotatable bonds is 7. The average molecular weight is 364 g/mol. The van der Waals surface area contributed by atoms with E-state index in [1.165, 1.54) is 6.07 Å². The zero-order chi connectivity index (χ0) is 19.2. The summed E-state index contributed by atoms with van der Waals surface area (Å²) in [4.78, 5) is 14.2. The zero-order valence-corrected chi connectivity index (χ0v) is 14.9. The summed E-state index contributed by atoms with van der Waals surface area (Å²) >= 11 is 0. The largest absolute Gasteiger partial charge is 0.416 e. The molecule has 3 nitrogen and oxygen atoms in total. The number of nitrogens with one attached hydrogen (secondary N) is 1. The summed E-state index contributed by atoms with van der Waals surface area (Å²) in [5.41, 5.74) is 1.57. The number of halogens is 3. The van der Waals surface area contributed by atoms with E-state index in [4.69, 9.17) is 0 Å². The van der Waals surface area contributed by atoms with Crippen molar-refractivity contribution >= 4 is 11.6 Å².